The van der Waals surface area contributed by atoms with Crippen molar-refractivity contribution < 1.29 is 36.8 Å². The molecule has 2 fully saturated rings. The molecule has 3 aliphatic heterocycles. The number of anilines is 6. The Balaban J connectivity index is 0.851. The molecule has 2 saturated heterocycles. The molecule has 3 aliphatic rings. The number of benzene rings is 3. The number of likely N-dealkylation sites (tertiary alicyclic amines) is 1. The summed E-state index contributed by atoms with van der Waals surface area (Å²) in [5.74, 6) is -2.83. The van der Waals surface area contributed by atoms with E-state index < -0.39 is 56.2 Å². The normalized spacial score (nSPS) is 17.2. The van der Waals surface area contributed by atoms with E-state index in [-0.39, 0.29) is 52.2 Å². The highest BCUT2D eigenvalue weighted by molar-refractivity contribution is 7.94. The molecule has 338 valence electrons. The smallest absolute Gasteiger partial charge is 0.264 e. The van der Waals surface area contributed by atoms with Crippen LogP contribution in [0.1, 0.15) is 95.9 Å². The number of carbonyl (C=O) groups is 5. The zero-order chi connectivity index (χ0) is 45.9. The van der Waals surface area contributed by atoms with Gasteiger partial charge in [0.05, 0.1) is 32.1 Å². The van der Waals surface area contributed by atoms with Crippen LogP contribution >= 0.6 is 11.6 Å². The Morgan fingerprint density at radius 1 is 0.938 bits per heavy atom. The van der Waals surface area contributed by atoms with E-state index in [2.05, 4.69) is 46.2 Å². The van der Waals surface area contributed by atoms with Crippen LogP contribution in [0.25, 0.3) is 0 Å². The topological polar surface area (TPSA) is 224 Å². The first-order valence-electron chi connectivity index (χ1n) is 21.0. The second-order valence-electron chi connectivity index (χ2n) is 17.0. The summed E-state index contributed by atoms with van der Waals surface area (Å²) in [4.78, 5) is 75.8. The number of amides is 5. The van der Waals surface area contributed by atoms with Crippen LogP contribution in [0.4, 0.5) is 38.9 Å². The zero-order valence-corrected chi connectivity index (χ0v) is 37.4. The number of aromatic nitrogens is 2. The first-order valence-corrected chi connectivity index (χ1v) is 22.9. The summed E-state index contributed by atoms with van der Waals surface area (Å²) in [5, 5.41) is 14.8. The van der Waals surface area contributed by atoms with Crippen LogP contribution in [-0.2, 0) is 19.6 Å². The molecule has 7 rings (SSSR count). The van der Waals surface area contributed by atoms with Crippen LogP contribution < -0.4 is 31.3 Å². The Labute approximate surface area is 375 Å². The average molecular weight is 917 g/mol. The summed E-state index contributed by atoms with van der Waals surface area (Å²) in [6.07, 6.45) is 4.76. The maximum atomic E-state index is 15.4. The van der Waals surface area contributed by atoms with Gasteiger partial charge in [0, 0.05) is 60.9 Å². The van der Waals surface area contributed by atoms with Gasteiger partial charge in [-0.3, -0.25) is 38.9 Å². The molecule has 4 heterocycles. The number of aryl methyl sites for hydroxylation is 1. The van der Waals surface area contributed by atoms with Crippen molar-refractivity contribution in [2.45, 2.75) is 83.1 Å². The molecule has 1 unspecified atom stereocenters. The number of rotatable bonds is 15. The maximum Gasteiger partial charge on any atom is 0.264 e. The summed E-state index contributed by atoms with van der Waals surface area (Å²) >= 11 is 6.30. The van der Waals surface area contributed by atoms with E-state index in [1.54, 1.807) is 76.4 Å². The maximum absolute atomic E-state index is 15.4. The molecule has 17 nitrogen and oxygen atoms in total. The van der Waals surface area contributed by atoms with E-state index >= 15 is 4.39 Å². The lowest BCUT2D eigenvalue weighted by atomic mass is 10.0. The third-order valence-electron chi connectivity index (χ3n) is 11.3. The minimum Gasteiger partial charge on any atom is -0.384 e. The third kappa shape index (κ3) is 10.3. The number of sulfonamides is 1. The van der Waals surface area contributed by atoms with Gasteiger partial charge in [0.25, 0.3) is 17.7 Å². The van der Waals surface area contributed by atoms with E-state index in [0.717, 1.165) is 37.4 Å². The number of imide groups is 2. The number of carbonyl (C=O) groups excluding carboxylic acids is 5. The first kappa shape index (κ1) is 45.8. The molecule has 0 saturated carbocycles. The Hall–Kier alpha value is -6.18. The molecular formula is C44H50ClFN10O7S. The summed E-state index contributed by atoms with van der Waals surface area (Å²) in [6.45, 7) is 9.42. The van der Waals surface area contributed by atoms with Gasteiger partial charge in [-0.05, 0) is 115 Å². The minimum atomic E-state index is -3.73. The molecular weight excluding hydrogens is 867 g/mol. The molecule has 0 radical (unpaired) electrons. The van der Waals surface area contributed by atoms with Crippen LogP contribution in [0.2, 0.25) is 5.02 Å². The summed E-state index contributed by atoms with van der Waals surface area (Å²) in [7, 11) is -3.73. The SMILES string of the molecule is Cc1cnc(Nc2ccc(C(=O)NC3CCN(CCCCNc4cccc5c4C(=O)N(C4CCC(=O)NC4=O)C5=O)CC3)c(F)c2)nc1Nc1ccc(Cl)c(NS(=O)(=O)C(C)(C)C)c1. The average Bonchev–Trinajstić information content (AvgIpc) is 3.49. The van der Waals surface area contributed by atoms with Crippen molar-refractivity contribution in [3.63, 3.8) is 0 Å². The van der Waals surface area contributed by atoms with Gasteiger partial charge in [-0.15, -0.1) is 0 Å². The van der Waals surface area contributed by atoms with E-state index in [1.165, 1.54) is 12.1 Å². The Morgan fingerprint density at radius 3 is 2.39 bits per heavy atom. The monoisotopic (exact) mass is 916 g/mol. The fourth-order valence-corrected chi connectivity index (χ4v) is 8.55. The number of nitrogens with one attached hydrogen (secondary N) is 6. The number of halogens is 2. The van der Waals surface area contributed by atoms with Crippen molar-refractivity contribution in [1.29, 1.82) is 0 Å². The highest BCUT2D eigenvalue weighted by atomic mass is 35.5. The van der Waals surface area contributed by atoms with Gasteiger partial charge in [-0.2, -0.15) is 4.98 Å². The molecule has 20 heteroatoms. The second kappa shape index (κ2) is 18.9. The summed E-state index contributed by atoms with van der Waals surface area (Å²) < 4.78 is 42.3. The van der Waals surface area contributed by atoms with Crippen molar-refractivity contribution in [2.24, 2.45) is 0 Å². The van der Waals surface area contributed by atoms with Gasteiger partial charge in [-0.1, -0.05) is 17.7 Å². The van der Waals surface area contributed by atoms with Crippen LogP contribution in [0.15, 0.2) is 60.8 Å². The van der Waals surface area contributed by atoms with Crippen molar-refractivity contribution in [2.75, 3.05) is 46.9 Å². The van der Waals surface area contributed by atoms with Gasteiger partial charge < -0.3 is 26.2 Å². The van der Waals surface area contributed by atoms with Crippen LogP contribution in [0.3, 0.4) is 0 Å². The van der Waals surface area contributed by atoms with Gasteiger partial charge in [0.15, 0.2) is 0 Å². The molecule has 1 atom stereocenters. The number of nitrogens with zero attached hydrogens (tertiary/aromatic N) is 4. The Kier molecular flexibility index (Phi) is 13.5. The number of hydrogen-bond donors (Lipinski definition) is 6. The highest BCUT2D eigenvalue weighted by Gasteiger charge is 2.45. The number of unbranched alkanes of at least 4 members (excludes halogenated alkanes) is 1. The van der Waals surface area contributed by atoms with Gasteiger partial charge in [0.2, 0.25) is 27.8 Å². The highest BCUT2D eigenvalue weighted by Crippen LogP contribution is 2.33. The van der Waals surface area contributed by atoms with E-state index in [1.807, 2.05) is 0 Å². The zero-order valence-electron chi connectivity index (χ0n) is 35.8. The predicted octanol–water partition coefficient (Wildman–Crippen LogP) is 6.09. The lowest BCUT2D eigenvalue weighted by Gasteiger charge is -2.32. The van der Waals surface area contributed by atoms with Crippen molar-refractivity contribution in [1.82, 2.24) is 30.4 Å². The first-order chi connectivity index (χ1) is 30.4. The van der Waals surface area contributed by atoms with E-state index in [9.17, 15) is 32.4 Å². The Bertz CT molecular complexity index is 2620. The molecule has 64 heavy (non-hydrogen) atoms. The van der Waals surface area contributed by atoms with Crippen molar-refractivity contribution in [3.05, 3.63) is 93.9 Å². The molecule has 6 N–H and O–H groups in total. The van der Waals surface area contributed by atoms with Crippen molar-refractivity contribution in [3.8, 4) is 0 Å². The molecule has 1 aromatic heterocycles. The number of hydrogen-bond acceptors (Lipinski definition) is 13. The standard InChI is InChI=1S/C44H50ClFN10O7S/c1-25-24-48-43(53-38(25)49-28-11-13-31(45)34(23-28)54-64(62,63)44(2,3)4)51-27-10-12-29(32(46)22-27)39(58)50-26-16-20-55(21-17-26)19-6-5-18-47-33-9-7-8-30-37(33)42(61)56(41(30)60)35-14-15-36(57)52-40(35)59/h7-13,22-24,26,35,47,54H,5-6,14-21H2,1-4H3,(H,50,58)(H,52,57,59)(H2,48,49,51,53). The van der Waals surface area contributed by atoms with E-state index in [0.29, 0.717) is 47.8 Å². The van der Waals surface area contributed by atoms with Gasteiger partial charge >= 0.3 is 0 Å². The van der Waals surface area contributed by atoms with E-state index in [4.69, 9.17) is 11.6 Å². The van der Waals surface area contributed by atoms with Crippen LogP contribution in [0.5, 0.6) is 0 Å². The molecule has 0 spiro atoms. The number of piperidine rings is 2. The number of fused-ring (bicyclic) bond motifs is 1. The largest absolute Gasteiger partial charge is 0.384 e. The quantitative estimate of drug-likeness (QED) is 0.0588. The second-order valence-corrected chi connectivity index (χ2v) is 19.8. The molecule has 0 aliphatic carbocycles. The van der Waals surface area contributed by atoms with Crippen LogP contribution in [0, 0.1) is 12.7 Å². The lowest BCUT2D eigenvalue weighted by Crippen LogP contribution is -2.54. The lowest BCUT2D eigenvalue weighted by molar-refractivity contribution is -0.136. The van der Waals surface area contributed by atoms with Crippen molar-refractivity contribution >= 4 is 85.7 Å². The van der Waals surface area contributed by atoms with Crippen LogP contribution in [-0.4, -0.2) is 101 Å². The fraction of sp³-hybridized carbons (Fsp3) is 0.386. The molecule has 3 aromatic carbocycles. The summed E-state index contributed by atoms with van der Waals surface area (Å²) in [5.41, 5.74) is 2.61. The molecule has 4 aromatic rings. The molecule has 0 bridgehead atoms. The van der Waals surface area contributed by atoms with Gasteiger partial charge in [-0.25, -0.2) is 17.8 Å². The predicted molar refractivity (Wildman–Crippen MR) is 241 cm³/mol. The Morgan fingerprint density at radius 2 is 1.67 bits per heavy atom. The molecule has 5 amide bonds. The third-order valence-corrected chi connectivity index (χ3v) is 13.8. The minimum absolute atomic E-state index is 0.0523. The van der Waals surface area contributed by atoms with Gasteiger partial charge in [0.1, 0.15) is 17.7 Å². The summed E-state index contributed by atoms with van der Waals surface area (Å²) in [6, 6.07) is 12.8. The fourth-order valence-electron chi connectivity index (χ4n) is 7.56.